The number of carbonyl (C=O) groups is 1. The minimum Gasteiger partial charge on any atom is -0.444 e. The minimum atomic E-state index is -0.464. The van der Waals surface area contributed by atoms with Crippen molar-refractivity contribution in [1.29, 1.82) is 0 Å². The lowest BCUT2D eigenvalue weighted by molar-refractivity contribution is -0.0432. The number of nitrogens with zero attached hydrogens (tertiary/aromatic N) is 1. The molecule has 1 aliphatic heterocycles. The van der Waals surface area contributed by atoms with E-state index in [0.29, 0.717) is 19.7 Å². The number of benzene rings is 1. The number of hydrogen-bond acceptors (Lipinski definition) is 3. The van der Waals surface area contributed by atoms with Gasteiger partial charge in [-0.05, 0) is 26.3 Å². The minimum absolute atomic E-state index is 0.0723. The Balaban J connectivity index is 2.01. The molecule has 0 spiro atoms. The average molecular weight is 275 g/mol. The fourth-order valence-electron chi connectivity index (χ4n) is 2.12. The molecule has 108 valence electrons. The number of morpholine rings is 1. The predicted octanol–water partition coefficient (Wildman–Crippen LogP) is 1.25. The molecule has 1 aromatic rings. The van der Waals surface area contributed by atoms with E-state index in [4.69, 9.17) is 9.47 Å². The highest BCUT2D eigenvalue weighted by atomic mass is 16.6. The molecule has 0 radical (unpaired) electrons. The van der Waals surface area contributed by atoms with E-state index in [1.807, 2.05) is 20.8 Å². The first kappa shape index (κ1) is 14.9. The van der Waals surface area contributed by atoms with Crippen LogP contribution in [0, 0.1) is 0 Å². The van der Waals surface area contributed by atoms with Gasteiger partial charge in [-0.25, -0.2) is 4.79 Å². The Hall–Kier alpha value is -1.49. The topological polar surface area (TPSA) is 38.8 Å². The van der Waals surface area contributed by atoms with E-state index in [0.717, 1.165) is 5.56 Å². The second kappa shape index (κ2) is 5.88. The Morgan fingerprint density at radius 3 is 2.60 bits per heavy atom. The maximum atomic E-state index is 12.1. The van der Waals surface area contributed by atoms with Crippen molar-refractivity contribution < 1.29 is 14.3 Å². The summed E-state index contributed by atoms with van der Waals surface area (Å²) in [4.78, 5) is 13.8. The molecular weight excluding hydrogens is 253 g/mol. The maximum absolute atomic E-state index is 12.1. The summed E-state index contributed by atoms with van der Waals surface area (Å²) < 4.78 is 11.2. The van der Waals surface area contributed by atoms with Crippen LogP contribution >= 0.6 is 0 Å². The quantitative estimate of drug-likeness (QED) is 0.724. The third kappa shape index (κ3) is 4.00. The molecule has 1 fully saturated rings. The molecule has 4 nitrogen and oxygen atoms in total. The highest BCUT2D eigenvalue weighted by Gasteiger charge is 2.28. The molecule has 1 unspecified atom stereocenters. The first-order valence-electron chi connectivity index (χ1n) is 7.01. The van der Waals surface area contributed by atoms with E-state index in [-0.39, 0.29) is 12.2 Å². The van der Waals surface area contributed by atoms with E-state index >= 15 is 0 Å². The van der Waals surface area contributed by atoms with E-state index in [1.165, 1.54) is 5.46 Å². The molecule has 1 atom stereocenters. The van der Waals surface area contributed by atoms with Crippen molar-refractivity contribution in [3.8, 4) is 0 Å². The molecule has 2 rings (SSSR count). The van der Waals surface area contributed by atoms with Gasteiger partial charge in [0.1, 0.15) is 19.6 Å². The zero-order valence-corrected chi connectivity index (χ0v) is 12.7. The smallest absolute Gasteiger partial charge is 0.410 e. The van der Waals surface area contributed by atoms with Gasteiger partial charge in [0.25, 0.3) is 0 Å². The van der Waals surface area contributed by atoms with Crippen LogP contribution in [0.5, 0.6) is 0 Å². The van der Waals surface area contributed by atoms with Crippen molar-refractivity contribution in [3.05, 3.63) is 29.8 Å². The Morgan fingerprint density at radius 2 is 2.00 bits per heavy atom. The molecule has 1 saturated heterocycles. The second-order valence-corrected chi connectivity index (χ2v) is 6.20. The summed E-state index contributed by atoms with van der Waals surface area (Å²) in [6.07, 6.45) is -0.338. The average Bonchev–Trinajstić information content (AvgIpc) is 2.38. The normalized spacial score (nSPS) is 19.8. The van der Waals surface area contributed by atoms with Crippen molar-refractivity contribution >= 4 is 19.4 Å². The largest absolute Gasteiger partial charge is 0.444 e. The summed E-state index contributed by atoms with van der Waals surface area (Å²) >= 11 is 0. The standard InChI is InChI=1S/C15H22BNO3/c1-15(2,3)20-14(18)17-8-9-19-13(10-17)11-4-6-12(16)7-5-11/h4-7,13H,8-10,16H2,1-3H3. The van der Waals surface area contributed by atoms with Gasteiger partial charge in [0, 0.05) is 6.54 Å². The van der Waals surface area contributed by atoms with Crippen molar-refractivity contribution in [2.24, 2.45) is 0 Å². The SMILES string of the molecule is Bc1ccc(C2CN(C(=O)OC(C)(C)C)CCO2)cc1. The van der Waals surface area contributed by atoms with Gasteiger partial charge >= 0.3 is 6.09 Å². The molecule has 0 bridgehead atoms. The molecule has 1 aliphatic rings. The Labute approximate surface area is 121 Å². The monoisotopic (exact) mass is 275 g/mol. The Bertz CT molecular complexity index is 467. The summed E-state index contributed by atoms with van der Waals surface area (Å²) in [5.74, 6) is 0. The molecule has 0 N–H and O–H groups in total. The fourth-order valence-corrected chi connectivity index (χ4v) is 2.12. The molecule has 0 aromatic heterocycles. The first-order chi connectivity index (χ1) is 9.35. The van der Waals surface area contributed by atoms with Crippen LogP contribution in [0.25, 0.3) is 0 Å². The molecule has 5 heteroatoms. The number of carbonyl (C=O) groups excluding carboxylic acids is 1. The molecule has 1 amide bonds. The van der Waals surface area contributed by atoms with Crippen LogP contribution in [-0.4, -0.2) is 44.1 Å². The molecule has 1 aromatic carbocycles. The lowest BCUT2D eigenvalue weighted by atomic mass is 9.94. The van der Waals surface area contributed by atoms with Gasteiger partial charge in [0.15, 0.2) is 0 Å². The second-order valence-electron chi connectivity index (χ2n) is 6.20. The van der Waals surface area contributed by atoms with Gasteiger partial charge in [0.05, 0.1) is 13.2 Å². The Morgan fingerprint density at radius 1 is 1.35 bits per heavy atom. The van der Waals surface area contributed by atoms with E-state index < -0.39 is 5.60 Å². The van der Waals surface area contributed by atoms with Crippen molar-refractivity contribution in [2.75, 3.05) is 19.7 Å². The van der Waals surface area contributed by atoms with Gasteiger partial charge < -0.3 is 14.4 Å². The third-order valence-electron chi connectivity index (χ3n) is 3.17. The summed E-state index contributed by atoms with van der Waals surface area (Å²) in [5, 5.41) is 0. The number of rotatable bonds is 1. The van der Waals surface area contributed by atoms with E-state index in [1.54, 1.807) is 4.90 Å². The lowest BCUT2D eigenvalue weighted by Gasteiger charge is -2.34. The third-order valence-corrected chi connectivity index (χ3v) is 3.17. The first-order valence-corrected chi connectivity index (χ1v) is 7.01. The van der Waals surface area contributed by atoms with Crippen LogP contribution in [0.3, 0.4) is 0 Å². The predicted molar refractivity (Wildman–Crippen MR) is 81.1 cm³/mol. The summed E-state index contributed by atoms with van der Waals surface area (Å²) in [5.41, 5.74) is 1.85. The van der Waals surface area contributed by atoms with Crippen molar-refractivity contribution in [1.82, 2.24) is 4.90 Å². The zero-order valence-electron chi connectivity index (χ0n) is 12.7. The molecular formula is C15H22BNO3. The van der Waals surface area contributed by atoms with Crippen LogP contribution in [0.4, 0.5) is 4.79 Å². The maximum Gasteiger partial charge on any atom is 0.410 e. The van der Waals surface area contributed by atoms with Gasteiger partial charge in [-0.1, -0.05) is 29.7 Å². The Kier molecular flexibility index (Phi) is 4.38. The van der Waals surface area contributed by atoms with E-state index in [9.17, 15) is 4.79 Å². The van der Waals surface area contributed by atoms with Gasteiger partial charge in [-0.15, -0.1) is 0 Å². The highest BCUT2D eigenvalue weighted by Crippen LogP contribution is 2.22. The zero-order chi connectivity index (χ0) is 14.8. The van der Waals surface area contributed by atoms with Gasteiger partial charge in [-0.3, -0.25) is 0 Å². The molecule has 0 saturated carbocycles. The van der Waals surface area contributed by atoms with E-state index in [2.05, 4.69) is 32.1 Å². The van der Waals surface area contributed by atoms with Crippen LogP contribution in [-0.2, 0) is 9.47 Å². The summed E-state index contributed by atoms with van der Waals surface area (Å²) in [6.45, 7) is 7.29. The summed E-state index contributed by atoms with van der Waals surface area (Å²) in [6, 6.07) is 8.23. The van der Waals surface area contributed by atoms with Crippen LogP contribution < -0.4 is 5.46 Å². The van der Waals surface area contributed by atoms with Gasteiger partial charge in [-0.2, -0.15) is 0 Å². The van der Waals surface area contributed by atoms with Crippen molar-refractivity contribution in [3.63, 3.8) is 0 Å². The molecule has 20 heavy (non-hydrogen) atoms. The number of amides is 1. The van der Waals surface area contributed by atoms with Crippen LogP contribution in [0.1, 0.15) is 32.4 Å². The number of ether oxygens (including phenoxy) is 2. The lowest BCUT2D eigenvalue weighted by Crippen LogP contribution is -2.44. The summed E-state index contributed by atoms with van der Waals surface area (Å²) in [7, 11) is 2.05. The van der Waals surface area contributed by atoms with Gasteiger partial charge in [0.2, 0.25) is 0 Å². The molecule has 1 heterocycles. The molecule has 0 aliphatic carbocycles. The van der Waals surface area contributed by atoms with Crippen LogP contribution in [0.2, 0.25) is 0 Å². The number of hydrogen-bond donors (Lipinski definition) is 0. The van der Waals surface area contributed by atoms with Crippen molar-refractivity contribution in [2.45, 2.75) is 32.5 Å². The van der Waals surface area contributed by atoms with Crippen LogP contribution in [0.15, 0.2) is 24.3 Å². The highest BCUT2D eigenvalue weighted by molar-refractivity contribution is 6.32. The fraction of sp³-hybridized carbons (Fsp3) is 0.533.